The predicted molar refractivity (Wildman–Crippen MR) is 72.6 cm³/mol. The zero-order chi connectivity index (χ0) is 12.4. The number of aryl methyl sites for hydroxylation is 2. The van der Waals surface area contributed by atoms with Crippen LogP contribution in [0.3, 0.4) is 0 Å². The Hall–Kier alpha value is -0.0600. The topological polar surface area (TPSA) is 27.1 Å². The van der Waals surface area contributed by atoms with E-state index in [1.807, 2.05) is 11.7 Å². The SMILES string of the molecule is CCc1nn(C)c(CC2COCCC2Cl)c1Br. The van der Waals surface area contributed by atoms with Crippen molar-refractivity contribution < 1.29 is 4.74 Å². The summed E-state index contributed by atoms with van der Waals surface area (Å²) in [6.07, 6.45) is 2.82. The highest BCUT2D eigenvalue weighted by atomic mass is 79.9. The molecule has 3 nitrogen and oxygen atoms in total. The average molecular weight is 322 g/mol. The van der Waals surface area contributed by atoms with E-state index >= 15 is 0 Å². The minimum atomic E-state index is 0.218. The molecule has 0 saturated carbocycles. The lowest BCUT2D eigenvalue weighted by molar-refractivity contribution is 0.0571. The van der Waals surface area contributed by atoms with E-state index in [4.69, 9.17) is 16.3 Å². The predicted octanol–water partition coefficient (Wildman–Crippen LogP) is 2.93. The van der Waals surface area contributed by atoms with E-state index in [1.165, 1.54) is 5.69 Å². The number of rotatable bonds is 3. The number of hydrogen-bond donors (Lipinski definition) is 0. The maximum absolute atomic E-state index is 6.35. The number of halogens is 2. The van der Waals surface area contributed by atoms with Gasteiger partial charge in [0.1, 0.15) is 0 Å². The molecule has 1 aromatic rings. The van der Waals surface area contributed by atoms with Crippen LogP contribution in [0.25, 0.3) is 0 Å². The van der Waals surface area contributed by atoms with Crippen LogP contribution in [0.5, 0.6) is 0 Å². The molecule has 2 atom stereocenters. The first-order valence-electron chi connectivity index (χ1n) is 6.05. The lowest BCUT2D eigenvalue weighted by atomic mass is 9.96. The molecule has 1 aliphatic rings. The second-order valence-corrected chi connectivity index (χ2v) is 5.88. The Morgan fingerprint density at radius 2 is 2.35 bits per heavy atom. The first-order chi connectivity index (χ1) is 8.13. The molecule has 1 aliphatic heterocycles. The molecule has 1 saturated heterocycles. The fourth-order valence-electron chi connectivity index (χ4n) is 2.25. The van der Waals surface area contributed by atoms with Gasteiger partial charge in [-0.15, -0.1) is 11.6 Å². The quantitative estimate of drug-likeness (QED) is 0.800. The number of ether oxygens (including phenoxy) is 1. The van der Waals surface area contributed by atoms with Gasteiger partial charge in [0.15, 0.2) is 0 Å². The highest BCUT2D eigenvalue weighted by Gasteiger charge is 2.26. The first kappa shape index (κ1) is 13.4. The minimum Gasteiger partial charge on any atom is -0.381 e. The Balaban J connectivity index is 2.14. The molecule has 1 fully saturated rings. The largest absolute Gasteiger partial charge is 0.381 e. The van der Waals surface area contributed by atoms with E-state index in [0.717, 1.165) is 42.6 Å². The van der Waals surface area contributed by atoms with E-state index < -0.39 is 0 Å². The highest BCUT2D eigenvalue weighted by Crippen LogP contribution is 2.29. The van der Waals surface area contributed by atoms with Crippen molar-refractivity contribution in [2.45, 2.75) is 31.6 Å². The molecule has 0 aliphatic carbocycles. The minimum absolute atomic E-state index is 0.218. The molecule has 1 aromatic heterocycles. The van der Waals surface area contributed by atoms with Crippen LogP contribution in [0.1, 0.15) is 24.7 Å². The molecule has 2 rings (SSSR count). The van der Waals surface area contributed by atoms with Gasteiger partial charge in [-0.3, -0.25) is 4.68 Å². The Morgan fingerprint density at radius 3 is 2.94 bits per heavy atom. The normalized spacial score (nSPS) is 25.2. The van der Waals surface area contributed by atoms with E-state index in [2.05, 4.69) is 28.0 Å². The van der Waals surface area contributed by atoms with Gasteiger partial charge in [0.2, 0.25) is 0 Å². The summed E-state index contributed by atoms with van der Waals surface area (Å²) in [5.41, 5.74) is 2.34. The van der Waals surface area contributed by atoms with Crippen molar-refractivity contribution in [3.63, 3.8) is 0 Å². The maximum atomic E-state index is 6.35. The molecule has 0 N–H and O–H groups in total. The number of aromatic nitrogens is 2. The van der Waals surface area contributed by atoms with Crippen LogP contribution in [0.15, 0.2) is 4.47 Å². The molecule has 0 radical (unpaired) electrons. The van der Waals surface area contributed by atoms with Crippen molar-refractivity contribution in [2.24, 2.45) is 13.0 Å². The van der Waals surface area contributed by atoms with Gasteiger partial charge in [-0.1, -0.05) is 6.92 Å². The molecular weight excluding hydrogens is 304 g/mol. The summed E-state index contributed by atoms with van der Waals surface area (Å²) in [4.78, 5) is 0. The summed E-state index contributed by atoms with van der Waals surface area (Å²) in [6, 6.07) is 0. The summed E-state index contributed by atoms with van der Waals surface area (Å²) in [5.74, 6) is 0.391. The second kappa shape index (κ2) is 5.72. The van der Waals surface area contributed by atoms with Crippen LogP contribution in [-0.4, -0.2) is 28.4 Å². The molecule has 2 unspecified atom stereocenters. The van der Waals surface area contributed by atoms with Crippen molar-refractivity contribution >= 4 is 27.5 Å². The summed E-state index contributed by atoms with van der Waals surface area (Å²) < 4.78 is 8.60. The smallest absolute Gasteiger partial charge is 0.0766 e. The van der Waals surface area contributed by atoms with Gasteiger partial charge in [-0.25, -0.2) is 0 Å². The third-order valence-electron chi connectivity index (χ3n) is 3.34. The molecule has 0 amide bonds. The summed E-state index contributed by atoms with van der Waals surface area (Å²) >= 11 is 9.99. The van der Waals surface area contributed by atoms with Gasteiger partial charge in [0, 0.05) is 24.9 Å². The third kappa shape index (κ3) is 2.85. The van der Waals surface area contributed by atoms with Gasteiger partial charge in [-0.05, 0) is 35.2 Å². The third-order valence-corrected chi connectivity index (χ3v) is 4.83. The first-order valence-corrected chi connectivity index (χ1v) is 7.28. The van der Waals surface area contributed by atoms with Crippen LogP contribution in [0.2, 0.25) is 0 Å². The average Bonchev–Trinajstić information content (AvgIpc) is 2.59. The zero-order valence-electron chi connectivity index (χ0n) is 10.2. The summed E-state index contributed by atoms with van der Waals surface area (Å²) in [7, 11) is 1.99. The number of alkyl halides is 1. The van der Waals surface area contributed by atoms with E-state index in [-0.39, 0.29) is 5.38 Å². The lowest BCUT2D eigenvalue weighted by Gasteiger charge is -2.27. The Labute approximate surface area is 116 Å². The molecule has 0 spiro atoms. The van der Waals surface area contributed by atoms with E-state index in [9.17, 15) is 0 Å². The van der Waals surface area contributed by atoms with Gasteiger partial charge in [0.25, 0.3) is 0 Å². The Kier molecular flexibility index (Phi) is 4.50. The van der Waals surface area contributed by atoms with Crippen molar-refractivity contribution in [3.8, 4) is 0 Å². The molecule has 0 bridgehead atoms. The highest BCUT2D eigenvalue weighted by molar-refractivity contribution is 9.10. The molecular formula is C12H18BrClN2O. The van der Waals surface area contributed by atoms with Crippen LogP contribution >= 0.6 is 27.5 Å². The van der Waals surface area contributed by atoms with Crippen molar-refractivity contribution in [1.29, 1.82) is 0 Å². The van der Waals surface area contributed by atoms with Gasteiger partial charge in [-0.2, -0.15) is 5.10 Å². The van der Waals surface area contributed by atoms with Gasteiger partial charge in [0.05, 0.1) is 22.5 Å². The Morgan fingerprint density at radius 1 is 1.59 bits per heavy atom. The Bertz CT molecular complexity index is 394. The molecule has 5 heteroatoms. The summed E-state index contributed by atoms with van der Waals surface area (Å²) in [6.45, 7) is 3.66. The van der Waals surface area contributed by atoms with Crippen molar-refractivity contribution in [3.05, 3.63) is 15.9 Å². The van der Waals surface area contributed by atoms with Crippen molar-refractivity contribution in [1.82, 2.24) is 9.78 Å². The number of hydrogen-bond acceptors (Lipinski definition) is 2. The fraction of sp³-hybridized carbons (Fsp3) is 0.750. The van der Waals surface area contributed by atoms with Gasteiger partial charge >= 0.3 is 0 Å². The number of nitrogens with zero attached hydrogens (tertiary/aromatic N) is 2. The lowest BCUT2D eigenvalue weighted by Crippen LogP contribution is -2.30. The van der Waals surface area contributed by atoms with E-state index in [0.29, 0.717) is 5.92 Å². The maximum Gasteiger partial charge on any atom is 0.0766 e. The monoisotopic (exact) mass is 320 g/mol. The van der Waals surface area contributed by atoms with Crippen LogP contribution < -0.4 is 0 Å². The molecule has 96 valence electrons. The fourth-order valence-corrected chi connectivity index (χ4v) is 3.28. The van der Waals surface area contributed by atoms with Gasteiger partial charge < -0.3 is 4.74 Å². The molecule has 2 heterocycles. The molecule has 17 heavy (non-hydrogen) atoms. The van der Waals surface area contributed by atoms with Crippen molar-refractivity contribution in [2.75, 3.05) is 13.2 Å². The van der Waals surface area contributed by atoms with Crippen LogP contribution in [0, 0.1) is 5.92 Å². The zero-order valence-corrected chi connectivity index (χ0v) is 12.6. The molecule has 0 aromatic carbocycles. The second-order valence-electron chi connectivity index (χ2n) is 4.53. The van der Waals surface area contributed by atoms with Crippen LogP contribution in [-0.2, 0) is 24.6 Å². The summed E-state index contributed by atoms with van der Waals surface area (Å²) in [5, 5.41) is 4.72. The standard InChI is InChI=1S/C12H18BrClN2O/c1-3-10-12(13)11(16(2)15-10)6-8-7-17-5-4-9(8)14/h8-9H,3-7H2,1-2H3. The van der Waals surface area contributed by atoms with E-state index in [1.54, 1.807) is 0 Å². The van der Waals surface area contributed by atoms with Crippen LogP contribution in [0.4, 0.5) is 0 Å².